The van der Waals surface area contributed by atoms with Crippen molar-refractivity contribution in [3.8, 4) is 5.75 Å². The summed E-state index contributed by atoms with van der Waals surface area (Å²) in [5, 5.41) is 5.18. The maximum absolute atomic E-state index is 12.8. The molecule has 2 heterocycles. The Kier molecular flexibility index (Phi) is 4.24. The van der Waals surface area contributed by atoms with Gasteiger partial charge < -0.3 is 9.47 Å². The fourth-order valence-corrected chi connectivity index (χ4v) is 4.42. The van der Waals surface area contributed by atoms with E-state index in [0.29, 0.717) is 33.6 Å². The van der Waals surface area contributed by atoms with E-state index in [0.717, 1.165) is 0 Å². The van der Waals surface area contributed by atoms with Gasteiger partial charge in [0.05, 0.1) is 15.9 Å². The fraction of sp³-hybridized carbons (Fsp3) is 0.273. The highest BCUT2D eigenvalue weighted by atomic mass is 32.2. The molecule has 0 unspecified atom stereocenters. The maximum Gasteiger partial charge on any atom is 0.340 e. The summed E-state index contributed by atoms with van der Waals surface area (Å²) >= 11 is 0. The number of rotatable bonds is 3. The Morgan fingerprint density at radius 2 is 1.50 bits per heavy atom. The van der Waals surface area contributed by atoms with E-state index in [1.165, 1.54) is 12.1 Å². The number of ether oxygens (including phenoxy) is 2. The Labute approximate surface area is 174 Å². The zero-order valence-corrected chi connectivity index (χ0v) is 17.8. The van der Waals surface area contributed by atoms with E-state index in [-0.39, 0.29) is 10.9 Å². The van der Waals surface area contributed by atoms with Crippen molar-refractivity contribution >= 4 is 33.1 Å². The highest BCUT2D eigenvalue weighted by Gasteiger charge is 2.44. The smallest absolute Gasteiger partial charge is 0.340 e. The van der Waals surface area contributed by atoms with Crippen LogP contribution in [0.25, 0.3) is 11.1 Å². The number of primary sulfonamides is 1. The predicted octanol–water partition coefficient (Wildman–Crippen LogP) is 2.78. The monoisotopic (exact) mass is 427 g/mol. The van der Waals surface area contributed by atoms with Gasteiger partial charge in [-0.3, -0.25) is 4.79 Å². The molecule has 0 bridgehead atoms. The molecule has 0 aliphatic carbocycles. The number of benzene rings is 2. The van der Waals surface area contributed by atoms with E-state index in [4.69, 9.17) is 14.6 Å². The van der Waals surface area contributed by atoms with Gasteiger partial charge in [0.15, 0.2) is 0 Å². The average Bonchev–Trinajstić information content (AvgIpc) is 3.02. The molecule has 7 nitrogen and oxygen atoms in total. The second kappa shape index (κ2) is 6.26. The van der Waals surface area contributed by atoms with Crippen molar-refractivity contribution in [2.75, 3.05) is 0 Å². The largest absolute Gasteiger partial charge is 0.451 e. The van der Waals surface area contributed by atoms with E-state index in [2.05, 4.69) is 0 Å². The second-order valence-electron chi connectivity index (χ2n) is 8.44. The van der Waals surface area contributed by atoms with Crippen molar-refractivity contribution in [2.45, 2.75) is 43.6 Å². The molecule has 0 amide bonds. The van der Waals surface area contributed by atoms with Gasteiger partial charge in [-0.05, 0) is 63.1 Å². The lowest BCUT2D eigenvalue weighted by molar-refractivity contribution is -0.142. The summed E-state index contributed by atoms with van der Waals surface area (Å²) in [7, 11) is -3.83. The second-order valence-corrected chi connectivity index (χ2v) is 10.0. The van der Waals surface area contributed by atoms with Crippen LogP contribution in [0.4, 0.5) is 0 Å². The Hall–Kier alpha value is -2.97. The first-order valence-electron chi connectivity index (χ1n) is 9.31. The molecule has 0 saturated carbocycles. The van der Waals surface area contributed by atoms with E-state index < -0.39 is 27.0 Å². The van der Waals surface area contributed by atoms with E-state index in [1.807, 2.05) is 0 Å². The van der Waals surface area contributed by atoms with Crippen molar-refractivity contribution in [2.24, 2.45) is 5.14 Å². The molecule has 0 saturated heterocycles. The van der Waals surface area contributed by atoms with Crippen LogP contribution in [0.1, 0.15) is 44.4 Å². The molecule has 0 fully saturated rings. The standard InChI is InChI=1S/C22H21NO6S/c1-21(2)15-11-13(7-10-16(15)28-20(21)25)17-18(22(3,4)29-19(17)24)12-5-8-14(9-6-12)30(23,26)27/h5-11H,1-4H3,(H2,23,26,27). The molecule has 4 rings (SSSR count). The van der Waals surface area contributed by atoms with Crippen LogP contribution < -0.4 is 9.88 Å². The third-order valence-electron chi connectivity index (χ3n) is 5.53. The average molecular weight is 427 g/mol. The van der Waals surface area contributed by atoms with Crippen LogP contribution in [0.15, 0.2) is 47.4 Å². The SMILES string of the molecule is CC1(C)OC(=O)C(c2ccc3c(c2)C(C)(C)C(=O)O3)=C1c1ccc(S(N)(=O)=O)cc1. The van der Waals surface area contributed by atoms with Crippen LogP contribution in [0, 0.1) is 0 Å². The number of fused-ring (bicyclic) bond motifs is 1. The number of carbonyl (C=O) groups is 2. The van der Waals surface area contributed by atoms with Gasteiger partial charge in [-0.1, -0.05) is 18.2 Å². The number of hydrogen-bond donors (Lipinski definition) is 1. The van der Waals surface area contributed by atoms with Crippen LogP contribution in [-0.2, 0) is 29.8 Å². The Morgan fingerprint density at radius 1 is 0.900 bits per heavy atom. The van der Waals surface area contributed by atoms with E-state index >= 15 is 0 Å². The van der Waals surface area contributed by atoms with E-state index in [9.17, 15) is 18.0 Å². The highest BCUT2D eigenvalue weighted by Crippen LogP contribution is 2.46. The molecule has 0 radical (unpaired) electrons. The fourth-order valence-electron chi connectivity index (χ4n) is 3.90. The summed E-state index contributed by atoms with van der Waals surface area (Å²) in [6, 6.07) is 11.1. The molecule has 30 heavy (non-hydrogen) atoms. The zero-order valence-electron chi connectivity index (χ0n) is 17.0. The van der Waals surface area contributed by atoms with Crippen molar-refractivity contribution in [3.05, 3.63) is 59.2 Å². The molecule has 156 valence electrons. The topological polar surface area (TPSA) is 113 Å². The molecule has 2 N–H and O–H groups in total. The molecular weight excluding hydrogens is 406 g/mol. The van der Waals surface area contributed by atoms with Crippen molar-refractivity contribution in [1.29, 1.82) is 0 Å². The molecule has 8 heteroatoms. The number of hydrogen-bond acceptors (Lipinski definition) is 6. The number of esters is 2. The summed E-state index contributed by atoms with van der Waals surface area (Å²) in [6.07, 6.45) is 0. The van der Waals surface area contributed by atoms with Gasteiger partial charge in [-0.25, -0.2) is 18.4 Å². The van der Waals surface area contributed by atoms with Crippen LogP contribution in [-0.4, -0.2) is 26.0 Å². The first kappa shape index (κ1) is 20.3. The van der Waals surface area contributed by atoms with Crippen LogP contribution in [0.2, 0.25) is 0 Å². The number of carbonyl (C=O) groups excluding carboxylic acids is 2. The van der Waals surface area contributed by atoms with Crippen LogP contribution in [0.3, 0.4) is 0 Å². The van der Waals surface area contributed by atoms with Gasteiger partial charge in [-0.2, -0.15) is 0 Å². The Morgan fingerprint density at radius 3 is 2.10 bits per heavy atom. The minimum absolute atomic E-state index is 0.0219. The predicted molar refractivity (Wildman–Crippen MR) is 110 cm³/mol. The molecule has 2 aromatic carbocycles. The summed E-state index contributed by atoms with van der Waals surface area (Å²) in [6.45, 7) is 7.07. The zero-order chi connectivity index (χ0) is 22.1. The van der Waals surface area contributed by atoms with Crippen molar-refractivity contribution in [3.63, 3.8) is 0 Å². The minimum atomic E-state index is -3.83. The van der Waals surface area contributed by atoms with Gasteiger partial charge in [0.2, 0.25) is 10.0 Å². The Bertz CT molecular complexity index is 1240. The van der Waals surface area contributed by atoms with Crippen LogP contribution in [0.5, 0.6) is 5.75 Å². The van der Waals surface area contributed by atoms with Crippen molar-refractivity contribution in [1.82, 2.24) is 0 Å². The highest BCUT2D eigenvalue weighted by molar-refractivity contribution is 7.89. The number of nitrogens with two attached hydrogens (primary N) is 1. The molecule has 2 aliphatic rings. The third-order valence-corrected chi connectivity index (χ3v) is 6.46. The molecule has 0 aromatic heterocycles. The van der Waals surface area contributed by atoms with Gasteiger partial charge in [-0.15, -0.1) is 0 Å². The molecule has 2 aliphatic heterocycles. The third kappa shape index (κ3) is 3.03. The molecule has 2 aromatic rings. The number of cyclic esters (lactones) is 1. The first-order chi connectivity index (χ1) is 13.8. The Balaban J connectivity index is 1.91. The molecule has 0 atom stereocenters. The molecule has 0 spiro atoms. The lowest BCUT2D eigenvalue weighted by Gasteiger charge is -2.22. The minimum Gasteiger partial charge on any atom is -0.451 e. The van der Waals surface area contributed by atoms with E-state index in [1.54, 1.807) is 58.0 Å². The quantitative estimate of drug-likeness (QED) is 0.595. The van der Waals surface area contributed by atoms with Gasteiger partial charge in [0.25, 0.3) is 0 Å². The van der Waals surface area contributed by atoms with Crippen LogP contribution >= 0.6 is 0 Å². The first-order valence-corrected chi connectivity index (χ1v) is 10.9. The summed E-state index contributed by atoms with van der Waals surface area (Å²) < 4.78 is 34.1. The lowest BCUT2D eigenvalue weighted by atomic mass is 9.82. The summed E-state index contributed by atoms with van der Waals surface area (Å²) in [5.74, 6) is -0.371. The normalized spacial score (nSPS) is 19.5. The summed E-state index contributed by atoms with van der Waals surface area (Å²) in [5.41, 5.74) is 1.15. The molecular formula is C22H21NO6S. The van der Waals surface area contributed by atoms with Crippen molar-refractivity contribution < 1.29 is 27.5 Å². The summed E-state index contributed by atoms with van der Waals surface area (Å²) in [4.78, 5) is 25.0. The number of sulfonamides is 1. The maximum atomic E-state index is 12.8. The van der Waals surface area contributed by atoms with Gasteiger partial charge >= 0.3 is 11.9 Å². The van der Waals surface area contributed by atoms with Gasteiger partial charge in [0, 0.05) is 11.1 Å². The van der Waals surface area contributed by atoms with Gasteiger partial charge in [0.1, 0.15) is 11.4 Å². The lowest BCUT2D eigenvalue weighted by Crippen LogP contribution is -2.25.